The lowest BCUT2D eigenvalue weighted by atomic mass is 9.78. The molecule has 1 aromatic rings. The zero-order valence-corrected chi connectivity index (χ0v) is 14.1. The van der Waals surface area contributed by atoms with Crippen LogP contribution < -0.4 is 5.32 Å². The number of hydrogen-bond donors (Lipinski definition) is 1. The van der Waals surface area contributed by atoms with Gasteiger partial charge in [-0.1, -0.05) is 46.6 Å². The highest BCUT2D eigenvalue weighted by atomic mass is 79.9. The number of benzene rings is 1. The predicted molar refractivity (Wildman–Crippen MR) is 87.5 cm³/mol. The van der Waals surface area contributed by atoms with Crippen LogP contribution in [0.25, 0.3) is 0 Å². The largest absolute Gasteiger partial charge is 0.350 e. The van der Waals surface area contributed by atoms with Crippen LogP contribution in [-0.2, 0) is 11.2 Å². The van der Waals surface area contributed by atoms with E-state index in [1.165, 1.54) is 12.8 Å². The second-order valence-electron chi connectivity index (χ2n) is 5.95. The van der Waals surface area contributed by atoms with Gasteiger partial charge < -0.3 is 5.32 Å². The summed E-state index contributed by atoms with van der Waals surface area (Å²) in [7, 11) is 0. The summed E-state index contributed by atoms with van der Waals surface area (Å²) in [6, 6.07) is 7.50. The van der Waals surface area contributed by atoms with Gasteiger partial charge in [0.05, 0.1) is 6.42 Å². The third-order valence-electron chi connectivity index (χ3n) is 4.15. The summed E-state index contributed by atoms with van der Waals surface area (Å²) < 4.78 is 0. The first-order valence-corrected chi connectivity index (χ1v) is 8.64. The molecule has 1 fully saturated rings. The number of amides is 1. The summed E-state index contributed by atoms with van der Waals surface area (Å²) in [6.45, 7) is 2.28. The maximum absolute atomic E-state index is 12.3. The van der Waals surface area contributed by atoms with E-state index >= 15 is 0 Å². The SMILES string of the molecule is CC1CCC(CBr)(NC(=O)Cc2cccc(Cl)c2)CC1. The molecule has 0 saturated heterocycles. The van der Waals surface area contributed by atoms with Crippen LogP contribution in [-0.4, -0.2) is 16.8 Å². The van der Waals surface area contributed by atoms with Gasteiger partial charge in [0.2, 0.25) is 5.91 Å². The van der Waals surface area contributed by atoms with Crippen LogP contribution in [0, 0.1) is 5.92 Å². The van der Waals surface area contributed by atoms with Gasteiger partial charge in [0.25, 0.3) is 0 Å². The van der Waals surface area contributed by atoms with Crippen molar-refractivity contribution < 1.29 is 4.79 Å². The van der Waals surface area contributed by atoms with Crippen molar-refractivity contribution in [3.63, 3.8) is 0 Å². The van der Waals surface area contributed by atoms with Crippen molar-refractivity contribution in [3.8, 4) is 0 Å². The van der Waals surface area contributed by atoms with Crippen LogP contribution in [0.15, 0.2) is 24.3 Å². The van der Waals surface area contributed by atoms with Crippen molar-refractivity contribution in [2.75, 3.05) is 5.33 Å². The molecule has 1 N–H and O–H groups in total. The highest BCUT2D eigenvalue weighted by molar-refractivity contribution is 9.09. The molecule has 1 amide bonds. The Balaban J connectivity index is 1.96. The molecule has 1 aromatic carbocycles. The fraction of sp³-hybridized carbons (Fsp3) is 0.562. The summed E-state index contributed by atoms with van der Waals surface area (Å²) in [5.41, 5.74) is 0.895. The number of rotatable bonds is 4. The Morgan fingerprint density at radius 3 is 2.75 bits per heavy atom. The van der Waals surface area contributed by atoms with Crippen LogP contribution in [0.4, 0.5) is 0 Å². The standard InChI is InChI=1S/C16H21BrClNO/c1-12-5-7-16(11-17,8-6-12)19-15(20)10-13-3-2-4-14(18)9-13/h2-4,9,12H,5-8,10-11H2,1H3,(H,19,20). The molecule has 1 aliphatic carbocycles. The third kappa shape index (κ3) is 4.23. The van der Waals surface area contributed by atoms with Gasteiger partial charge in [0, 0.05) is 15.9 Å². The average molecular weight is 359 g/mol. The normalized spacial score (nSPS) is 26.2. The first kappa shape index (κ1) is 15.8. The number of alkyl halides is 1. The molecule has 0 aromatic heterocycles. The molecular weight excluding hydrogens is 338 g/mol. The van der Waals surface area contributed by atoms with Gasteiger partial charge in [-0.2, -0.15) is 0 Å². The second kappa shape index (κ2) is 6.95. The maximum atomic E-state index is 12.3. The van der Waals surface area contributed by atoms with E-state index in [4.69, 9.17) is 11.6 Å². The Bertz CT molecular complexity index is 469. The fourth-order valence-electron chi connectivity index (χ4n) is 2.78. The second-order valence-corrected chi connectivity index (χ2v) is 6.95. The zero-order chi connectivity index (χ0) is 14.6. The van der Waals surface area contributed by atoms with Crippen LogP contribution in [0.3, 0.4) is 0 Å². The van der Waals surface area contributed by atoms with Crippen molar-refractivity contribution in [2.24, 2.45) is 5.92 Å². The molecule has 0 radical (unpaired) electrons. The lowest BCUT2D eigenvalue weighted by Gasteiger charge is -2.39. The van der Waals surface area contributed by atoms with Crippen molar-refractivity contribution in [1.29, 1.82) is 0 Å². The van der Waals surface area contributed by atoms with E-state index in [1.54, 1.807) is 0 Å². The molecule has 20 heavy (non-hydrogen) atoms. The summed E-state index contributed by atoms with van der Waals surface area (Å²) >= 11 is 9.53. The molecule has 0 heterocycles. The summed E-state index contributed by atoms with van der Waals surface area (Å²) in [4.78, 5) is 12.3. The Labute approximate surface area is 134 Å². The van der Waals surface area contributed by atoms with Gasteiger partial charge in [-0.05, 0) is 49.3 Å². The molecule has 0 spiro atoms. The highest BCUT2D eigenvalue weighted by Crippen LogP contribution is 2.33. The minimum atomic E-state index is -0.0673. The van der Waals surface area contributed by atoms with Gasteiger partial charge in [0.15, 0.2) is 0 Å². The third-order valence-corrected chi connectivity index (χ3v) is 5.45. The smallest absolute Gasteiger partial charge is 0.224 e. The molecule has 2 nitrogen and oxygen atoms in total. The molecule has 4 heteroatoms. The number of hydrogen-bond acceptors (Lipinski definition) is 1. The Morgan fingerprint density at radius 1 is 1.45 bits per heavy atom. The van der Waals surface area contributed by atoms with Crippen molar-refractivity contribution >= 4 is 33.4 Å². The number of halogens is 2. The van der Waals surface area contributed by atoms with Crippen molar-refractivity contribution in [1.82, 2.24) is 5.32 Å². The zero-order valence-electron chi connectivity index (χ0n) is 11.8. The van der Waals surface area contributed by atoms with Crippen LogP contribution in [0.2, 0.25) is 5.02 Å². The van der Waals surface area contributed by atoms with Gasteiger partial charge in [-0.3, -0.25) is 4.79 Å². The molecule has 0 unspecified atom stereocenters. The molecule has 1 aliphatic rings. The van der Waals surface area contributed by atoms with Crippen LogP contribution in [0.1, 0.15) is 38.2 Å². The quantitative estimate of drug-likeness (QED) is 0.797. The van der Waals surface area contributed by atoms with Gasteiger partial charge in [-0.15, -0.1) is 0 Å². The topological polar surface area (TPSA) is 29.1 Å². The number of carbonyl (C=O) groups is 1. The minimum absolute atomic E-state index is 0.0673. The van der Waals surface area contributed by atoms with E-state index in [9.17, 15) is 4.79 Å². The number of nitrogens with one attached hydrogen (secondary N) is 1. The Hall–Kier alpha value is -0.540. The predicted octanol–water partition coefficient (Wildman–Crippen LogP) is 4.34. The lowest BCUT2D eigenvalue weighted by Crippen LogP contribution is -2.52. The van der Waals surface area contributed by atoms with Crippen LogP contribution >= 0.6 is 27.5 Å². The molecule has 0 bridgehead atoms. The van der Waals surface area contributed by atoms with E-state index in [0.717, 1.165) is 29.7 Å². The van der Waals surface area contributed by atoms with E-state index in [-0.39, 0.29) is 11.4 Å². The molecule has 110 valence electrons. The minimum Gasteiger partial charge on any atom is -0.350 e. The van der Waals surface area contributed by atoms with Gasteiger partial charge in [-0.25, -0.2) is 0 Å². The average Bonchev–Trinajstić information content (AvgIpc) is 2.41. The van der Waals surface area contributed by atoms with E-state index in [0.29, 0.717) is 11.4 Å². The van der Waals surface area contributed by atoms with Crippen molar-refractivity contribution in [3.05, 3.63) is 34.9 Å². The monoisotopic (exact) mass is 357 g/mol. The van der Waals surface area contributed by atoms with E-state index in [2.05, 4.69) is 28.2 Å². The molecular formula is C16H21BrClNO. The number of carbonyl (C=O) groups excluding carboxylic acids is 1. The Kier molecular flexibility index (Phi) is 5.50. The first-order chi connectivity index (χ1) is 9.53. The highest BCUT2D eigenvalue weighted by Gasteiger charge is 2.34. The molecule has 0 aliphatic heterocycles. The fourth-order valence-corrected chi connectivity index (χ4v) is 3.69. The lowest BCUT2D eigenvalue weighted by molar-refractivity contribution is -0.122. The summed E-state index contributed by atoms with van der Waals surface area (Å²) in [6.07, 6.45) is 4.87. The van der Waals surface area contributed by atoms with Gasteiger partial charge in [0.1, 0.15) is 0 Å². The van der Waals surface area contributed by atoms with E-state index < -0.39 is 0 Å². The van der Waals surface area contributed by atoms with Gasteiger partial charge >= 0.3 is 0 Å². The van der Waals surface area contributed by atoms with Crippen LogP contribution in [0.5, 0.6) is 0 Å². The molecule has 1 saturated carbocycles. The maximum Gasteiger partial charge on any atom is 0.224 e. The van der Waals surface area contributed by atoms with Crippen molar-refractivity contribution in [2.45, 2.75) is 44.6 Å². The first-order valence-electron chi connectivity index (χ1n) is 7.14. The molecule has 0 atom stereocenters. The Morgan fingerprint density at radius 2 is 2.15 bits per heavy atom. The molecule has 2 rings (SSSR count). The summed E-state index contributed by atoms with van der Waals surface area (Å²) in [5, 5.41) is 4.75. The summed E-state index contributed by atoms with van der Waals surface area (Å²) in [5.74, 6) is 0.855. The van der Waals surface area contributed by atoms with E-state index in [1.807, 2.05) is 24.3 Å².